The summed E-state index contributed by atoms with van der Waals surface area (Å²) in [5.74, 6) is 1.49. The molecule has 2 aliphatic heterocycles. The van der Waals surface area contributed by atoms with Crippen LogP contribution in [0.4, 0.5) is 0 Å². The Balaban J connectivity index is 1.43. The number of hydrogen-bond donors (Lipinski definition) is 1. The molecule has 6 heteroatoms. The third-order valence-corrected chi connectivity index (χ3v) is 5.45. The van der Waals surface area contributed by atoms with Gasteiger partial charge >= 0.3 is 0 Å². The van der Waals surface area contributed by atoms with Gasteiger partial charge in [-0.2, -0.15) is 0 Å². The highest BCUT2D eigenvalue weighted by atomic mass is 16.6. The van der Waals surface area contributed by atoms with Gasteiger partial charge in [0.2, 0.25) is 5.91 Å². The van der Waals surface area contributed by atoms with Crippen LogP contribution in [0, 0.1) is 0 Å². The maximum Gasteiger partial charge on any atom is 0.251 e. The van der Waals surface area contributed by atoms with E-state index in [0.717, 1.165) is 29.8 Å². The Bertz CT molecular complexity index is 921. The van der Waals surface area contributed by atoms with Crippen LogP contribution in [0.2, 0.25) is 0 Å². The number of ether oxygens (including phenoxy) is 2. The Hall–Kier alpha value is -3.02. The molecular weight excluding hydrogens is 368 g/mol. The van der Waals surface area contributed by atoms with Gasteiger partial charge in [-0.1, -0.05) is 18.2 Å². The number of likely N-dealkylation sites (tertiary alicyclic amines) is 1. The summed E-state index contributed by atoms with van der Waals surface area (Å²) in [6, 6.07) is 13.2. The number of fused-ring (bicyclic) bond motifs is 1. The lowest BCUT2D eigenvalue weighted by molar-refractivity contribution is -0.128. The third kappa shape index (κ3) is 4.21. The zero-order valence-electron chi connectivity index (χ0n) is 16.9. The zero-order valence-corrected chi connectivity index (χ0v) is 16.9. The predicted molar refractivity (Wildman–Crippen MR) is 109 cm³/mol. The van der Waals surface area contributed by atoms with Crippen LogP contribution in [0.5, 0.6) is 11.5 Å². The van der Waals surface area contributed by atoms with Gasteiger partial charge in [0.1, 0.15) is 13.2 Å². The Morgan fingerprint density at radius 3 is 2.48 bits per heavy atom. The van der Waals surface area contributed by atoms with Gasteiger partial charge in [-0.05, 0) is 55.7 Å². The van der Waals surface area contributed by atoms with Crippen LogP contribution in [-0.2, 0) is 16.9 Å². The molecule has 29 heavy (non-hydrogen) atoms. The minimum Gasteiger partial charge on any atom is -0.486 e. The molecule has 1 saturated heterocycles. The minimum absolute atomic E-state index is 0.145. The van der Waals surface area contributed by atoms with Crippen molar-refractivity contribution in [1.82, 2.24) is 10.2 Å². The summed E-state index contributed by atoms with van der Waals surface area (Å²) in [4.78, 5) is 26.4. The molecule has 1 N–H and O–H groups in total. The number of carbonyl (C=O) groups is 2. The normalized spacial score (nSPS) is 16.1. The molecule has 2 aromatic rings. The number of hydrogen-bond acceptors (Lipinski definition) is 4. The van der Waals surface area contributed by atoms with Gasteiger partial charge in [0.05, 0.1) is 5.54 Å². The predicted octanol–water partition coefficient (Wildman–Crippen LogP) is 3.25. The largest absolute Gasteiger partial charge is 0.486 e. The molecule has 0 aromatic heterocycles. The molecule has 0 unspecified atom stereocenters. The number of amides is 2. The molecular formula is C23H26N2O4. The smallest absolute Gasteiger partial charge is 0.251 e. The topological polar surface area (TPSA) is 67.9 Å². The number of nitrogens with zero attached hydrogens (tertiary/aromatic N) is 1. The maximum atomic E-state index is 12.8. The van der Waals surface area contributed by atoms with Gasteiger partial charge < -0.3 is 19.7 Å². The van der Waals surface area contributed by atoms with Gasteiger partial charge in [0.25, 0.3) is 5.91 Å². The molecule has 6 nitrogen and oxygen atoms in total. The first-order valence-corrected chi connectivity index (χ1v) is 10.0. The number of carbonyl (C=O) groups excluding carboxylic acids is 2. The van der Waals surface area contributed by atoms with E-state index in [2.05, 4.69) is 5.32 Å². The minimum atomic E-state index is -0.576. The molecule has 0 radical (unpaired) electrons. The van der Waals surface area contributed by atoms with Crippen LogP contribution in [0.3, 0.4) is 0 Å². The molecule has 1 fully saturated rings. The summed E-state index contributed by atoms with van der Waals surface area (Å²) in [6.07, 6.45) is 1.56. The second-order valence-corrected chi connectivity index (χ2v) is 8.05. The summed E-state index contributed by atoms with van der Waals surface area (Å²) in [7, 11) is 0. The number of nitrogens with one attached hydrogen (secondary N) is 1. The van der Waals surface area contributed by atoms with Crippen molar-refractivity contribution in [1.29, 1.82) is 0 Å². The van der Waals surface area contributed by atoms with E-state index in [-0.39, 0.29) is 11.8 Å². The van der Waals surface area contributed by atoms with E-state index in [1.54, 1.807) is 0 Å². The fourth-order valence-corrected chi connectivity index (χ4v) is 3.71. The van der Waals surface area contributed by atoms with E-state index >= 15 is 0 Å². The van der Waals surface area contributed by atoms with E-state index in [1.165, 1.54) is 0 Å². The average Bonchev–Trinajstić information content (AvgIpc) is 3.12. The first kappa shape index (κ1) is 19.3. The van der Waals surface area contributed by atoms with Crippen LogP contribution >= 0.6 is 0 Å². The number of benzene rings is 2. The summed E-state index contributed by atoms with van der Waals surface area (Å²) >= 11 is 0. The van der Waals surface area contributed by atoms with E-state index in [1.807, 2.05) is 61.2 Å². The molecule has 0 aliphatic carbocycles. The quantitative estimate of drug-likeness (QED) is 0.845. The summed E-state index contributed by atoms with van der Waals surface area (Å²) < 4.78 is 11.2. The molecule has 2 aromatic carbocycles. The van der Waals surface area contributed by atoms with E-state index in [0.29, 0.717) is 37.5 Å². The Morgan fingerprint density at radius 2 is 1.79 bits per heavy atom. The van der Waals surface area contributed by atoms with Crippen molar-refractivity contribution < 1.29 is 19.1 Å². The monoisotopic (exact) mass is 394 g/mol. The lowest BCUT2D eigenvalue weighted by Crippen LogP contribution is -2.41. The second kappa shape index (κ2) is 7.78. The SMILES string of the molecule is CC(C)(NC(=O)c1ccc(CN2CCCC2=O)cc1)c1ccc2c(c1)OCCO2. The Kier molecular flexibility index (Phi) is 5.18. The van der Waals surface area contributed by atoms with Gasteiger partial charge in [-0.15, -0.1) is 0 Å². The van der Waals surface area contributed by atoms with Crippen molar-refractivity contribution >= 4 is 11.8 Å². The molecule has 2 heterocycles. The highest BCUT2D eigenvalue weighted by molar-refractivity contribution is 5.94. The molecule has 4 rings (SSSR count). The lowest BCUT2D eigenvalue weighted by Gasteiger charge is -2.29. The highest BCUT2D eigenvalue weighted by Gasteiger charge is 2.26. The lowest BCUT2D eigenvalue weighted by atomic mass is 9.93. The molecule has 2 aliphatic rings. The van der Waals surface area contributed by atoms with Crippen LogP contribution in [0.25, 0.3) is 0 Å². The fraction of sp³-hybridized carbons (Fsp3) is 0.391. The van der Waals surface area contributed by atoms with Crippen molar-refractivity contribution in [2.45, 2.75) is 38.8 Å². The van der Waals surface area contributed by atoms with Crippen LogP contribution in [-0.4, -0.2) is 36.5 Å². The number of rotatable bonds is 5. The highest BCUT2D eigenvalue weighted by Crippen LogP contribution is 2.34. The summed E-state index contributed by atoms with van der Waals surface area (Å²) in [6.45, 7) is 6.41. The third-order valence-electron chi connectivity index (χ3n) is 5.45. The molecule has 0 bridgehead atoms. The van der Waals surface area contributed by atoms with E-state index < -0.39 is 5.54 Å². The average molecular weight is 394 g/mol. The zero-order chi connectivity index (χ0) is 20.4. The van der Waals surface area contributed by atoms with Crippen LogP contribution in [0.15, 0.2) is 42.5 Å². The van der Waals surface area contributed by atoms with Crippen LogP contribution < -0.4 is 14.8 Å². The molecule has 0 saturated carbocycles. The summed E-state index contributed by atoms with van der Waals surface area (Å²) in [5, 5.41) is 3.10. The van der Waals surface area contributed by atoms with Crippen molar-refractivity contribution in [3.8, 4) is 11.5 Å². The van der Waals surface area contributed by atoms with Gasteiger partial charge in [-0.25, -0.2) is 0 Å². The molecule has 152 valence electrons. The molecule has 0 atom stereocenters. The van der Waals surface area contributed by atoms with E-state index in [4.69, 9.17) is 9.47 Å². The van der Waals surface area contributed by atoms with Gasteiger partial charge in [-0.3, -0.25) is 9.59 Å². The standard InChI is InChI=1S/C23H26N2O4/c1-23(2,18-9-10-19-20(14-18)29-13-12-28-19)24-22(27)17-7-5-16(6-8-17)15-25-11-3-4-21(25)26/h5-10,14H,3-4,11-13,15H2,1-2H3,(H,24,27). The van der Waals surface area contributed by atoms with Crippen LogP contribution in [0.1, 0.15) is 48.2 Å². The Morgan fingerprint density at radius 1 is 1.07 bits per heavy atom. The van der Waals surface area contributed by atoms with Crippen molar-refractivity contribution in [2.75, 3.05) is 19.8 Å². The Labute approximate surface area is 170 Å². The molecule has 0 spiro atoms. The maximum absolute atomic E-state index is 12.8. The van der Waals surface area contributed by atoms with Gasteiger partial charge in [0, 0.05) is 25.1 Å². The summed E-state index contributed by atoms with van der Waals surface area (Å²) in [5.41, 5.74) is 1.99. The van der Waals surface area contributed by atoms with E-state index in [9.17, 15) is 9.59 Å². The van der Waals surface area contributed by atoms with Crippen molar-refractivity contribution in [2.24, 2.45) is 0 Å². The first-order valence-electron chi connectivity index (χ1n) is 10.0. The first-order chi connectivity index (χ1) is 13.9. The van der Waals surface area contributed by atoms with Crippen molar-refractivity contribution in [3.63, 3.8) is 0 Å². The fourth-order valence-electron chi connectivity index (χ4n) is 3.71. The van der Waals surface area contributed by atoms with Crippen molar-refractivity contribution in [3.05, 3.63) is 59.2 Å². The second-order valence-electron chi connectivity index (χ2n) is 8.05. The molecule has 2 amide bonds. The van der Waals surface area contributed by atoms with Gasteiger partial charge in [0.15, 0.2) is 11.5 Å².